The van der Waals surface area contributed by atoms with E-state index in [-0.39, 0.29) is 13.1 Å². The Labute approximate surface area is 178 Å². The molecule has 0 radical (unpaired) electrons. The van der Waals surface area contributed by atoms with E-state index in [9.17, 15) is 33.1 Å². The predicted molar refractivity (Wildman–Crippen MR) is 109 cm³/mol. The number of aliphatic hydroxyl groups is 1. The second-order valence-corrected chi connectivity index (χ2v) is 6.80. The van der Waals surface area contributed by atoms with Gasteiger partial charge in [0.15, 0.2) is 0 Å². The Bertz CT molecular complexity index is 1320. The Hall–Kier alpha value is -4.34. The number of rotatable bonds is 7. The number of aliphatic carboxylic acids is 1. The van der Waals surface area contributed by atoms with Gasteiger partial charge in [0, 0.05) is 12.3 Å². The zero-order valence-corrected chi connectivity index (χ0v) is 16.4. The van der Waals surface area contributed by atoms with Crippen LogP contribution in [0.25, 0.3) is 5.76 Å². The largest absolute Gasteiger partial charge is 0.507 e. The molecular formula is C22H16F2N2O6. The van der Waals surface area contributed by atoms with Crippen molar-refractivity contribution in [2.24, 2.45) is 0 Å². The van der Waals surface area contributed by atoms with Crippen LogP contribution < -0.4 is 11.2 Å². The molecule has 2 aromatic carbocycles. The number of hydrogen-bond donors (Lipinski definition) is 2. The van der Waals surface area contributed by atoms with E-state index in [4.69, 9.17) is 5.11 Å². The number of nitrogens with zero attached hydrogens (tertiary/aromatic N) is 2. The molecule has 0 bridgehead atoms. The molecule has 0 saturated heterocycles. The van der Waals surface area contributed by atoms with E-state index in [1.165, 1.54) is 36.4 Å². The number of hydrogen-bond acceptors (Lipinski definition) is 5. The maximum atomic E-state index is 13.2. The SMILES string of the molecule is O=C(O)C(=O)C=C(O)c1cn(Cc2ccc(F)cc2)c(=O)n(Cc2ccc(F)cc2)c1=O. The van der Waals surface area contributed by atoms with Crippen LogP contribution in [0, 0.1) is 11.6 Å². The lowest BCUT2D eigenvalue weighted by Crippen LogP contribution is -2.41. The van der Waals surface area contributed by atoms with Crippen molar-refractivity contribution in [3.05, 3.63) is 110 Å². The summed E-state index contributed by atoms with van der Waals surface area (Å²) in [6.45, 7) is -0.397. The molecule has 0 unspecified atom stereocenters. The summed E-state index contributed by atoms with van der Waals surface area (Å²) in [6.07, 6.45) is 1.34. The van der Waals surface area contributed by atoms with Gasteiger partial charge in [-0.15, -0.1) is 0 Å². The first-order valence-electron chi connectivity index (χ1n) is 9.17. The summed E-state index contributed by atoms with van der Waals surface area (Å²) in [5.41, 5.74) is -1.37. The van der Waals surface area contributed by atoms with Gasteiger partial charge in [0.25, 0.3) is 11.3 Å². The summed E-state index contributed by atoms with van der Waals surface area (Å²) in [6, 6.07) is 10.2. The van der Waals surface area contributed by atoms with Crippen molar-refractivity contribution in [2.75, 3.05) is 0 Å². The number of carbonyl (C=O) groups is 2. The molecule has 164 valence electrons. The fourth-order valence-corrected chi connectivity index (χ4v) is 2.90. The standard InChI is InChI=1S/C22H16F2N2O6/c23-15-5-1-13(2-6-15)10-25-12-17(18(27)9-19(28)21(30)31)20(29)26(22(25)32)11-14-3-7-16(24)8-4-14/h1-9,12,27H,10-11H2,(H,30,31). The summed E-state index contributed by atoms with van der Waals surface area (Å²) in [5, 5.41) is 18.9. The molecule has 10 heteroatoms. The molecular weight excluding hydrogens is 426 g/mol. The first-order valence-corrected chi connectivity index (χ1v) is 9.17. The van der Waals surface area contributed by atoms with Gasteiger partial charge in [0.05, 0.1) is 18.7 Å². The number of carboxylic acids is 1. The maximum absolute atomic E-state index is 13.2. The highest BCUT2D eigenvalue weighted by Gasteiger charge is 2.18. The van der Waals surface area contributed by atoms with Gasteiger partial charge >= 0.3 is 11.7 Å². The Balaban J connectivity index is 2.15. The van der Waals surface area contributed by atoms with Gasteiger partial charge in [-0.1, -0.05) is 24.3 Å². The summed E-state index contributed by atoms with van der Waals surface area (Å²) in [4.78, 5) is 48.0. The summed E-state index contributed by atoms with van der Waals surface area (Å²) >= 11 is 0. The number of carbonyl (C=O) groups excluding carboxylic acids is 1. The molecule has 0 aliphatic carbocycles. The van der Waals surface area contributed by atoms with Crippen LogP contribution in [0.5, 0.6) is 0 Å². The minimum absolute atomic E-state index is 0.115. The lowest BCUT2D eigenvalue weighted by molar-refractivity contribution is -0.146. The number of aliphatic hydroxyl groups excluding tert-OH is 1. The predicted octanol–water partition coefficient (Wildman–Crippen LogP) is 1.94. The van der Waals surface area contributed by atoms with Gasteiger partial charge in [-0.2, -0.15) is 0 Å². The van der Waals surface area contributed by atoms with Crippen LogP contribution in [0.4, 0.5) is 8.78 Å². The molecule has 0 amide bonds. The van der Waals surface area contributed by atoms with E-state index in [1.54, 1.807) is 0 Å². The lowest BCUT2D eigenvalue weighted by atomic mass is 10.2. The van der Waals surface area contributed by atoms with Crippen molar-refractivity contribution in [1.82, 2.24) is 9.13 Å². The molecule has 0 saturated carbocycles. The molecule has 0 fully saturated rings. The first kappa shape index (κ1) is 22.3. The van der Waals surface area contributed by atoms with E-state index in [0.717, 1.165) is 27.5 Å². The number of ketones is 1. The van der Waals surface area contributed by atoms with Crippen LogP contribution in [0.2, 0.25) is 0 Å². The second kappa shape index (κ2) is 9.21. The van der Waals surface area contributed by atoms with E-state index in [0.29, 0.717) is 17.2 Å². The first-order chi connectivity index (χ1) is 15.2. The molecule has 3 rings (SSSR count). The van der Waals surface area contributed by atoms with Crippen LogP contribution in [-0.2, 0) is 22.7 Å². The van der Waals surface area contributed by atoms with Crippen LogP contribution in [-0.4, -0.2) is 31.1 Å². The Morgan fingerprint density at radius 2 is 1.34 bits per heavy atom. The number of benzene rings is 2. The number of carboxylic acid groups (broad SMARTS) is 1. The van der Waals surface area contributed by atoms with Crippen molar-refractivity contribution in [1.29, 1.82) is 0 Å². The molecule has 0 aliphatic heterocycles. The van der Waals surface area contributed by atoms with Crippen LogP contribution >= 0.6 is 0 Å². The highest BCUT2D eigenvalue weighted by molar-refractivity contribution is 6.38. The lowest BCUT2D eigenvalue weighted by Gasteiger charge is -2.13. The maximum Gasteiger partial charge on any atom is 0.376 e. The molecule has 2 N–H and O–H groups in total. The molecule has 3 aromatic rings. The zero-order valence-electron chi connectivity index (χ0n) is 16.4. The van der Waals surface area contributed by atoms with Crippen LogP contribution in [0.15, 0.2) is 70.4 Å². The highest BCUT2D eigenvalue weighted by atomic mass is 19.1. The van der Waals surface area contributed by atoms with Gasteiger partial charge < -0.3 is 10.2 Å². The number of halogens is 2. The Morgan fingerprint density at radius 3 is 1.84 bits per heavy atom. The zero-order chi connectivity index (χ0) is 23.4. The van der Waals surface area contributed by atoms with Crippen molar-refractivity contribution in [2.45, 2.75) is 13.1 Å². The summed E-state index contributed by atoms with van der Waals surface area (Å²) < 4.78 is 28.2. The van der Waals surface area contributed by atoms with Gasteiger partial charge in [-0.05, 0) is 35.4 Å². The van der Waals surface area contributed by atoms with Crippen LogP contribution in [0.1, 0.15) is 16.7 Å². The average molecular weight is 442 g/mol. The topological polar surface area (TPSA) is 119 Å². The van der Waals surface area contributed by atoms with Gasteiger partial charge in [0.2, 0.25) is 0 Å². The molecule has 0 atom stereocenters. The minimum atomic E-state index is -1.84. The van der Waals surface area contributed by atoms with Crippen molar-refractivity contribution in [3.8, 4) is 0 Å². The van der Waals surface area contributed by atoms with Gasteiger partial charge in [0.1, 0.15) is 17.4 Å². The van der Waals surface area contributed by atoms with E-state index >= 15 is 0 Å². The smallest absolute Gasteiger partial charge is 0.376 e. The average Bonchev–Trinajstić information content (AvgIpc) is 2.75. The van der Waals surface area contributed by atoms with E-state index in [2.05, 4.69) is 0 Å². The fourth-order valence-electron chi connectivity index (χ4n) is 2.90. The van der Waals surface area contributed by atoms with Crippen molar-refractivity contribution >= 4 is 17.5 Å². The van der Waals surface area contributed by atoms with Gasteiger partial charge in [-0.25, -0.2) is 18.4 Å². The van der Waals surface area contributed by atoms with Crippen molar-refractivity contribution < 1.29 is 28.6 Å². The summed E-state index contributed by atoms with van der Waals surface area (Å²) in [5.74, 6) is -5.26. The highest BCUT2D eigenvalue weighted by Crippen LogP contribution is 2.10. The van der Waals surface area contributed by atoms with E-state index in [1.807, 2.05) is 0 Å². The monoisotopic (exact) mass is 442 g/mol. The summed E-state index contributed by atoms with van der Waals surface area (Å²) in [7, 11) is 0. The second-order valence-electron chi connectivity index (χ2n) is 6.80. The molecule has 8 nitrogen and oxygen atoms in total. The molecule has 1 aromatic heterocycles. The van der Waals surface area contributed by atoms with E-state index < -0.39 is 46.0 Å². The van der Waals surface area contributed by atoms with Crippen molar-refractivity contribution in [3.63, 3.8) is 0 Å². The Kier molecular flexibility index (Phi) is 6.43. The normalized spacial score (nSPS) is 11.4. The molecule has 0 aliphatic rings. The minimum Gasteiger partial charge on any atom is -0.507 e. The third-order valence-corrected chi connectivity index (χ3v) is 4.51. The number of aromatic nitrogens is 2. The Morgan fingerprint density at radius 1 is 0.844 bits per heavy atom. The van der Waals surface area contributed by atoms with Crippen LogP contribution in [0.3, 0.4) is 0 Å². The quantitative estimate of drug-likeness (QED) is 0.328. The van der Waals surface area contributed by atoms with Gasteiger partial charge in [-0.3, -0.25) is 18.7 Å². The molecule has 32 heavy (non-hydrogen) atoms. The fraction of sp³-hybridized carbons (Fsp3) is 0.0909. The third-order valence-electron chi connectivity index (χ3n) is 4.51. The molecule has 0 spiro atoms. The third kappa shape index (κ3) is 5.04. The molecule has 1 heterocycles.